The fraction of sp³-hybridized carbons (Fsp3) is 0.625. The van der Waals surface area contributed by atoms with Crippen LogP contribution in [0.4, 0.5) is 20.2 Å². The standard InChI is InChI=1S/C16H26F2N2O2Si/c1-23(2,3)9-8-21-12-22-13-4-5-15(14(19)10-13)20-7-6-16(17,18)11-20/h4-5,10H,6-9,11-12,19H2,1-3H3. The molecule has 0 spiro atoms. The van der Waals surface area contributed by atoms with Crippen molar-refractivity contribution < 1.29 is 18.3 Å². The Balaban J connectivity index is 1.83. The summed E-state index contributed by atoms with van der Waals surface area (Å²) in [6.45, 7) is 7.77. The second kappa shape index (κ2) is 7.05. The third-order valence-electron chi connectivity index (χ3n) is 3.81. The molecule has 23 heavy (non-hydrogen) atoms. The van der Waals surface area contributed by atoms with Gasteiger partial charge in [-0.15, -0.1) is 0 Å². The predicted octanol–water partition coefficient (Wildman–Crippen LogP) is 3.81. The van der Waals surface area contributed by atoms with Crippen LogP contribution in [-0.4, -0.2) is 40.5 Å². The molecule has 1 aromatic carbocycles. The van der Waals surface area contributed by atoms with Gasteiger partial charge in [-0.05, 0) is 18.2 Å². The zero-order valence-corrected chi connectivity index (χ0v) is 15.1. The minimum absolute atomic E-state index is 0.129. The molecule has 4 nitrogen and oxygen atoms in total. The molecule has 1 saturated heterocycles. The molecule has 1 fully saturated rings. The number of hydrogen-bond acceptors (Lipinski definition) is 4. The molecule has 2 N–H and O–H groups in total. The lowest BCUT2D eigenvalue weighted by Crippen LogP contribution is -2.25. The smallest absolute Gasteiger partial charge is 0.266 e. The van der Waals surface area contributed by atoms with Gasteiger partial charge >= 0.3 is 0 Å². The Morgan fingerprint density at radius 2 is 2.04 bits per heavy atom. The van der Waals surface area contributed by atoms with Crippen molar-refractivity contribution in [1.82, 2.24) is 0 Å². The first-order valence-corrected chi connectivity index (χ1v) is 11.6. The average Bonchev–Trinajstić information content (AvgIpc) is 2.77. The highest BCUT2D eigenvalue weighted by Crippen LogP contribution is 2.35. The van der Waals surface area contributed by atoms with Crippen LogP contribution < -0.4 is 15.4 Å². The van der Waals surface area contributed by atoms with Gasteiger partial charge < -0.3 is 20.1 Å². The van der Waals surface area contributed by atoms with Crippen LogP contribution in [0.2, 0.25) is 25.7 Å². The average molecular weight is 344 g/mol. The molecule has 1 aromatic rings. The lowest BCUT2D eigenvalue weighted by molar-refractivity contribution is 0.0221. The maximum atomic E-state index is 13.3. The summed E-state index contributed by atoms with van der Waals surface area (Å²) in [6, 6.07) is 6.21. The van der Waals surface area contributed by atoms with E-state index in [9.17, 15) is 8.78 Å². The fourth-order valence-corrected chi connectivity index (χ4v) is 3.16. The second-order valence-electron chi connectivity index (χ2n) is 7.23. The topological polar surface area (TPSA) is 47.7 Å². The molecular weight excluding hydrogens is 318 g/mol. The summed E-state index contributed by atoms with van der Waals surface area (Å²) in [5, 5.41) is 0. The van der Waals surface area contributed by atoms with E-state index in [1.54, 1.807) is 23.1 Å². The highest BCUT2D eigenvalue weighted by Gasteiger charge is 2.38. The van der Waals surface area contributed by atoms with Crippen LogP contribution in [0.15, 0.2) is 18.2 Å². The van der Waals surface area contributed by atoms with E-state index in [-0.39, 0.29) is 19.8 Å². The van der Waals surface area contributed by atoms with Crippen LogP contribution in [-0.2, 0) is 4.74 Å². The minimum atomic E-state index is -2.63. The van der Waals surface area contributed by atoms with Gasteiger partial charge in [0.25, 0.3) is 5.92 Å². The number of nitrogen functional groups attached to an aromatic ring is 1. The molecule has 1 heterocycles. The van der Waals surface area contributed by atoms with Crippen molar-refractivity contribution in [3.05, 3.63) is 18.2 Å². The van der Waals surface area contributed by atoms with E-state index in [1.807, 2.05) is 0 Å². The largest absolute Gasteiger partial charge is 0.467 e. The molecule has 0 aliphatic carbocycles. The Bertz CT molecular complexity index is 535. The van der Waals surface area contributed by atoms with Crippen molar-refractivity contribution in [3.8, 4) is 5.75 Å². The van der Waals surface area contributed by atoms with Gasteiger partial charge in [-0.3, -0.25) is 0 Å². The quantitative estimate of drug-likeness (QED) is 0.354. The number of anilines is 2. The van der Waals surface area contributed by atoms with Crippen LogP contribution in [0.1, 0.15) is 6.42 Å². The molecule has 0 bridgehead atoms. The van der Waals surface area contributed by atoms with Crippen molar-refractivity contribution in [3.63, 3.8) is 0 Å². The van der Waals surface area contributed by atoms with Gasteiger partial charge in [0.05, 0.1) is 17.9 Å². The molecule has 0 aromatic heterocycles. The molecular formula is C16H26F2N2O2Si. The van der Waals surface area contributed by atoms with Crippen LogP contribution in [0, 0.1) is 0 Å². The van der Waals surface area contributed by atoms with Crippen molar-refractivity contribution in [2.24, 2.45) is 0 Å². The molecule has 0 atom stereocenters. The second-order valence-corrected chi connectivity index (χ2v) is 12.9. The van der Waals surface area contributed by atoms with E-state index in [1.165, 1.54) is 0 Å². The van der Waals surface area contributed by atoms with E-state index in [2.05, 4.69) is 19.6 Å². The molecule has 2 rings (SSSR count). The molecule has 0 saturated carbocycles. The third kappa shape index (κ3) is 5.66. The Morgan fingerprint density at radius 1 is 1.30 bits per heavy atom. The molecule has 0 radical (unpaired) electrons. The minimum Gasteiger partial charge on any atom is -0.467 e. The first-order valence-electron chi connectivity index (χ1n) is 7.89. The molecule has 0 unspecified atom stereocenters. The van der Waals surface area contributed by atoms with E-state index >= 15 is 0 Å². The number of rotatable bonds is 7. The zero-order chi connectivity index (χ0) is 17.1. The SMILES string of the molecule is C[Si](C)(C)CCOCOc1ccc(N2CCC(F)(F)C2)c(N)c1. The van der Waals surface area contributed by atoms with Gasteiger partial charge in [0.1, 0.15) is 5.75 Å². The maximum absolute atomic E-state index is 13.3. The number of halogens is 2. The molecule has 1 aliphatic heterocycles. The van der Waals surface area contributed by atoms with Gasteiger partial charge in [-0.2, -0.15) is 0 Å². The summed E-state index contributed by atoms with van der Waals surface area (Å²) in [5.74, 6) is -2.04. The maximum Gasteiger partial charge on any atom is 0.266 e. The Kier molecular flexibility index (Phi) is 5.51. The van der Waals surface area contributed by atoms with Crippen molar-refractivity contribution in [2.75, 3.05) is 37.1 Å². The van der Waals surface area contributed by atoms with E-state index < -0.39 is 14.0 Å². The van der Waals surface area contributed by atoms with Crippen LogP contribution in [0.3, 0.4) is 0 Å². The molecule has 130 valence electrons. The summed E-state index contributed by atoms with van der Waals surface area (Å²) in [4.78, 5) is 1.61. The van der Waals surface area contributed by atoms with Crippen LogP contribution in [0.5, 0.6) is 5.75 Å². The van der Waals surface area contributed by atoms with Crippen LogP contribution in [0.25, 0.3) is 0 Å². The monoisotopic (exact) mass is 344 g/mol. The normalized spacial score (nSPS) is 17.5. The Labute approximate surface area is 137 Å². The van der Waals surface area contributed by atoms with Gasteiger partial charge in [0, 0.05) is 33.7 Å². The number of ether oxygens (including phenoxy) is 2. The lowest BCUT2D eigenvalue weighted by atomic mass is 10.2. The number of alkyl halides is 2. The summed E-state index contributed by atoms with van der Waals surface area (Å²) in [7, 11) is -1.10. The summed E-state index contributed by atoms with van der Waals surface area (Å²) in [5.41, 5.74) is 7.06. The van der Waals surface area contributed by atoms with Crippen molar-refractivity contribution in [2.45, 2.75) is 38.0 Å². The first-order chi connectivity index (χ1) is 10.7. The predicted molar refractivity (Wildman–Crippen MR) is 92.2 cm³/mol. The molecule has 0 amide bonds. The van der Waals surface area contributed by atoms with Gasteiger partial charge in [0.15, 0.2) is 6.79 Å². The Hall–Kier alpha value is -1.34. The van der Waals surface area contributed by atoms with Gasteiger partial charge in [-0.25, -0.2) is 8.78 Å². The highest BCUT2D eigenvalue weighted by atomic mass is 28.3. The molecule has 1 aliphatic rings. The zero-order valence-electron chi connectivity index (χ0n) is 14.1. The lowest BCUT2D eigenvalue weighted by Gasteiger charge is -2.21. The Morgan fingerprint density at radius 3 is 2.61 bits per heavy atom. The summed E-state index contributed by atoms with van der Waals surface area (Å²) < 4.78 is 37.6. The summed E-state index contributed by atoms with van der Waals surface area (Å²) in [6.07, 6.45) is -0.129. The van der Waals surface area contributed by atoms with Gasteiger partial charge in [0.2, 0.25) is 0 Å². The van der Waals surface area contributed by atoms with E-state index in [0.717, 1.165) is 6.04 Å². The van der Waals surface area contributed by atoms with Crippen molar-refractivity contribution in [1.29, 1.82) is 0 Å². The highest BCUT2D eigenvalue weighted by molar-refractivity contribution is 6.76. The number of nitrogens with two attached hydrogens (primary N) is 1. The van der Waals surface area contributed by atoms with E-state index in [0.29, 0.717) is 30.3 Å². The fourth-order valence-electron chi connectivity index (χ4n) is 2.40. The first kappa shape index (κ1) is 18.0. The number of benzene rings is 1. The van der Waals surface area contributed by atoms with Crippen LogP contribution >= 0.6 is 0 Å². The van der Waals surface area contributed by atoms with Crippen molar-refractivity contribution >= 4 is 19.4 Å². The third-order valence-corrected chi connectivity index (χ3v) is 5.52. The van der Waals surface area contributed by atoms with E-state index in [4.69, 9.17) is 15.2 Å². The molecule has 7 heteroatoms. The van der Waals surface area contributed by atoms with Gasteiger partial charge in [-0.1, -0.05) is 19.6 Å². The number of nitrogens with zero attached hydrogens (tertiary/aromatic N) is 1. The number of hydrogen-bond donors (Lipinski definition) is 1. The summed E-state index contributed by atoms with van der Waals surface area (Å²) >= 11 is 0.